The fraction of sp³-hybridized carbons (Fsp3) is 0.300. The van der Waals surface area contributed by atoms with Crippen LogP contribution in [0.25, 0.3) is 10.8 Å². The smallest absolute Gasteiger partial charge is 0.290 e. The number of ether oxygens (including phenoxy) is 1. The zero-order chi connectivity index (χ0) is 18.0. The zero-order valence-corrected chi connectivity index (χ0v) is 15.0. The van der Waals surface area contributed by atoms with Gasteiger partial charge in [0.15, 0.2) is 5.82 Å². The Bertz CT molecular complexity index is 899. The fourth-order valence-corrected chi connectivity index (χ4v) is 2.98. The molecule has 0 spiro atoms. The van der Waals surface area contributed by atoms with Crippen LogP contribution in [-0.2, 0) is 6.54 Å². The summed E-state index contributed by atoms with van der Waals surface area (Å²) in [6.07, 6.45) is 1.68. The summed E-state index contributed by atoms with van der Waals surface area (Å²) >= 11 is 0. The molecule has 0 saturated carbocycles. The molecule has 0 fully saturated rings. The second-order valence-electron chi connectivity index (χ2n) is 6.41. The van der Waals surface area contributed by atoms with Crippen molar-refractivity contribution in [3.05, 3.63) is 59.7 Å². The van der Waals surface area contributed by atoms with E-state index in [0.717, 1.165) is 27.8 Å². The number of carbonyl (C=O) groups excluding carboxylic acids is 1. The Kier molecular flexibility index (Phi) is 4.74. The van der Waals surface area contributed by atoms with Crippen molar-refractivity contribution in [1.29, 1.82) is 0 Å². The average molecular weight is 337 g/mol. The Morgan fingerprint density at radius 1 is 1.20 bits per heavy atom. The first-order valence-electron chi connectivity index (χ1n) is 8.38. The molecule has 130 valence electrons. The summed E-state index contributed by atoms with van der Waals surface area (Å²) in [4.78, 5) is 21.9. The molecule has 5 nitrogen and oxygen atoms in total. The molecule has 3 rings (SSSR count). The molecule has 0 aliphatic rings. The number of nitrogens with zero attached hydrogens (tertiary/aromatic N) is 2. The molecule has 1 amide bonds. The molecular formula is C20H23N3O2. The topological polar surface area (TPSA) is 58.2 Å². The highest BCUT2D eigenvalue weighted by molar-refractivity contribution is 5.93. The van der Waals surface area contributed by atoms with Crippen LogP contribution >= 0.6 is 0 Å². The maximum absolute atomic E-state index is 12.9. The first kappa shape index (κ1) is 17.0. The van der Waals surface area contributed by atoms with E-state index in [1.54, 1.807) is 13.3 Å². The molecule has 25 heavy (non-hydrogen) atoms. The number of benzene rings is 2. The standard InChI is InChI=1S/C20H23N3O2/c1-13(2)23(20(24)19-21-11-14(3)22-19)12-15-9-10-18(25-4)17-8-6-5-7-16(15)17/h5-11,13H,12H2,1-4H3,(H,21,22). The number of aromatic nitrogens is 2. The third-order valence-corrected chi connectivity index (χ3v) is 4.32. The van der Waals surface area contributed by atoms with Gasteiger partial charge in [-0.25, -0.2) is 4.98 Å². The van der Waals surface area contributed by atoms with E-state index in [2.05, 4.69) is 16.0 Å². The number of fused-ring (bicyclic) bond motifs is 1. The number of nitrogens with one attached hydrogen (secondary N) is 1. The first-order chi connectivity index (χ1) is 12.0. The number of aromatic amines is 1. The van der Waals surface area contributed by atoms with Crippen LogP contribution in [0.2, 0.25) is 0 Å². The Hall–Kier alpha value is -2.82. The minimum absolute atomic E-state index is 0.0544. The number of carbonyl (C=O) groups is 1. The maximum Gasteiger partial charge on any atom is 0.290 e. The van der Waals surface area contributed by atoms with Gasteiger partial charge < -0.3 is 14.6 Å². The molecule has 0 bridgehead atoms. The Morgan fingerprint density at radius 3 is 2.52 bits per heavy atom. The van der Waals surface area contributed by atoms with E-state index in [0.29, 0.717) is 12.4 Å². The van der Waals surface area contributed by atoms with Crippen molar-refractivity contribution in [1.82, 2.24) is 14.9 Å². The van der Waals surface area contributed by atoms with E-state index in [9.17, 15) is 4.79 Å². The Morgan fingerprint density at radius 2 is 1.92 bits per heavy atom. The molecule has 0 atom stereocenters. The van der Waals surface area contributed by atoms with Crippen molar-refractivity contribution < 1.29 is 9.53 Å². The quantitative estimate of drug-likeness (QED) is 0.767. The fourth-order valence-electron chi connectivity index (χ4n) is 2.98. The van der Waals surface area contributed by atoms with Crippen LogP contribution in [0.3, 0.4) is 0 Å². The highest BCUT2D eigenvalue weighted by Gasteiger charge is 2.22. The Labute approximate surface area is 147 Å². The van der Waals surface area contributed by atoms with Gasteiger partial charge in [-0.2, -0.15) is 0 Å². The SMILES string of the molecule is COc1ccc(CN(C(=O)c2ncc(C)[nH]2)C(C)C)c2ccccc12. The molecule has 3 aromatic rings. The van der Waals surface area contributed by atoms with Crippen LogP contribution in [0, 0.1) is 6.92 Å². The van der Waals surface area contributed by atoms with Gasteiger partial charge in [0.1, 0.15) is 5.75 Å². The largest absolute Gasteiger partial charge is 0.496 e. The molecule has 1 heterocycles. The van der Waals surface area contributed by atoms with Crippen LogP contribution in [-0.4, -0.2) is 33.9 Å². The third-order valence-electron chi connectivity index (χ3n) is 4.32. The molecule has 5 heteroatoms. The molecule has 1 N–H and O–H groups in total. The predicted molar refractivity (Wildman–Crippen MR) is 98.8 cm³/mol. The highest BCUT2D eigenvalue weighted by Crippen LogP contribution is 2.29. The first-order valence-corrected chi connectivity index (χ1v) is 8.38. The van der Waals surface area contributed by atoms with Gasteiger partial charge in [-0.15, -0.1) is 0 Å². The lowest BCUT2D eigenvalue weighted by molar-refractivity contribution is 0.0679. The predicted octanol–water partition coefficient (Wildman–Crippen LogP) is 3.93. The summed E-state index contributed by atoms with van der Waals surface area (Å²) in [6.45, 7) is 6.43. The second-order valence-corrected chi connectivity index (χ2v) is 6.41. The van der Waals surface area contributed by atoms with Gasteiger partial charge in [0, 0.05) is 29.9 Å². The van der Waals surface area contributed by atoms with Crippen molar-refractivity contribution in [3.63, 3.8) is 0 Å². The van der Waals surface area contributed by atoms with E-state index in [1.807, 2.05) is 56.0 Å². The van der Waals surface area contributed by atoms with E-state index in [-0.39, 0.29) is 11.9 Å². The minimum atomic E-state index is -0.0944. The lowest BCUT2D eigenvalue weighted by Gasteiger charge is -2.26. The van der Waals surface area contributed by atoms with Crippen molar-refractivity contribution in [2.45, 2.75) is 33.4 Å². The van der Waals surface area contributed by atoms with Crippen LogP contribution < -0.4 is 4.74 Å². The normalized spacial score (nSPS) is 11.1. The van der Waals surface area contributed by atoms with Crippen LogP contribution in [0.4, 0.5) is 0 Å². The summed E-state index contributed by atoms with van der Waals surface area (Å²) in [5.41, 5.74) is 1.96. The number of aryl methyl sites for hydroxylation is 1. The third kappa shape index (κ3) is 3.36. The van der Waals surface area contributed by atoms with Gasteiger partial charge in [0.25, 0.3) is 5.91 Å². The van der Waals surface area contributed by atoms with Gasteiger partial charge in [-0.3, -0.25) is 4.79 Å². The van der Waals surface area contributed by atoms with Gasteiger partial charge in [0.05, 0.1) is 7.11 Å². The molecule has 1 aromatic heterocycles. The van der Waals surface area contributed by atoms with Gasteiger partial charge in [0.2, 0.25) is 0 Å². The summed E-state index contributed by atoms with van der Waals surface area (Å²) in [5, 5.41) is 2.14. The number of rotatable bonds is 5. The number of hydrogen-bond donors (Lipinski definition) is 1. The minimum Gasteiger partial charge on any atom is -0.496 e. The zero-order valence-electron chi connectivity index (χ0n) is 15.0. The number of amides is 1. The molecule has 0 unspecified atom stereocenters. The Balaban J connectivity index is 1.98. The molecule has 0 radical (unpaired) electrons. The van der Waals surface area contributed by atoms with E-state index < -0.39 is 0 Å². The maximum atomic E-state index is 12.9. The summed E-state index contributed by atoms with van der Waals surface area (Å²) < 4.78 is 5.46. The summed E-state index contributed by atoms with van der Waals surface area (Å²) in [6, 6.07) is 12.1. The van der Waals surface area contributed by atoms with Gasteiger partial charge in [-0.1, -0.05) is 30.3 Å². The number of hydrogen-bond acceptors (Lipinski definition) is 3. The number of imidazole rings is 1. The van der Waals surface area contributed by atoms with Gasteiger partial charge >= 0.3 is 0 Å². The van der Waals surface area contributed by atoms with Crippen molar-refractivity contribution in [3.8, 4) is 5.75 Å². The molecular weight excluding hydrogens is 314 g/mol. The highest BCUT2D eigenvalue weighted by atomic mass is 16.5. The van der Waals surface area contributed by atoms with E-state index in [4.69, 9.17) is 4.74 Å². The van der Waals surface area contributed by atoms with Crippen LogP contribution in [0.1, 0.15) is 35.7 Å². The van der Waals surface area contributed by atoms with Crippen LogP contribution in [0.15, 0.2) is 42.6 Å². The van der Waals surface area contributed by atoms with E-state index in [1.165, 1.54) is 0 Å². The summed E-state index contributed by atoms with van der Waals surface area (Å²) in [5.74, 6) is 1.12. The molecule has 0 aliphatic carbocycles. The number of methoxy groups -OCH3 is 1. The van der Waals surface area contributed by atoms with Crippen molar-refractivity contribution in [2.24, 2.45) is 0 Å². The van der Waals surface area contributed by atoms with Crippen LogP contribution in [0.5, 0.6) is 5.75 Å². The molecule has 2 aromatic carbocycles. The lowest BCUT2D eigenvalue weighted by atomic mass is 10.0. The summed E-state index contributed by atoms with van der Waals surface area (Å²) in [7, 11) is 1.67. The number of H-pyrrole nitrogens is 1. The lowest BCUT2D eigenvalue weighted by Crippen LogP contribution is -2.37. The molecule has 0 aliphatic heterocycles. The van der Waals surface area contributed by atoms with E-state index >= 15 is 0 Å². The van der Waals surface area contributed by atoms with Gasteiger partial charge in [-0.05, 0) is 37.8 Å². The van der Waals surface area contributed by atoms with Crippen molar-refractivity contribution >= 4 is 16.7 Å². The average Bonchev–Trinajstić information content (AvgIpc) is 3.05. The monoisotopic (exact) mass is 337 g/mol. The second kappa shape index (κ2) is 6.97. The molecule has 0 saturated heterocycles. The van der Waals surface area contributed by atoms with Crippen molar-refractivity contribution in [2.75, 3.05) is 7.11 Å².